The lowest BCUT2D eigenvalue weighted by Gasteiger charge is -2.07. The topological polar surface area (TPSA) is 63.2 Å². The highest BCUT2D eigenvalue weighted by atomic mass is 16.5. The van der Waals surface area contributed by atoms with E-state index in [1.54, 1.807) is 30.3 Å². The average molecular weight is 243 g/mol. The molecule has 0 saturated carbocycles. The third kappa shape index (κ3) is 3.21. The van der Waals surface area contributed by atoms with Gasteiger partial charge in [0.05, 0.1) is 7.11 Å². The van der Waals surface area contributed by atoms with Crippen molar-refractivity contribution in [3.8, 4) is 5.88 Å². The van der Waals surface area contributed by atoms with Crippen LogP contribution in [0.15, 0.2) is 48.5 Å². The number of hydrogen-bond donors (Lipinski definition) is 2. The van der Waals surface area contributed by atoms with E-state index >= 15 is 0 Å². The molecule has 0 radical (unpaired) electrons. The van der Waals surface area contributed by atoms with Gasteiger partial charge in [-0.2, -0.15) is 4.98 Å². The molecule has 0 fully saturated rings. The number of amides is 2. The number of carbonyl (C=O) groups excluding carboxylic acids is 1. The second kappa shape index (κ2) is 5.67. The Balaban J connectivity index is 1.99. The van der Waals surface area contributed by atoms with Crippen LogP contribution in [0.5, 0.6) is 5.88 Å². The molecule has 0 aliphatic carbocycles. The lowest BCUT2D eigenvalue weighted by atomic mass is 10.3. The largest absolute Gasteiger partial charge is 0.481 e. The van der Waals surface area contributed by atoms with E-state index in [0.29, 0.717) is 11.7 Å². The van der Waals surface area contributed by atoms with Crippen molar-refractivity contribution >= 4 is 17.5 Å². The van der Waals surface area contributed by atoms with Crippen LogP contribution in [0.3, 0.4) is 0 Å². The van der Waals surface area contributed by atoms with Crippen molar-refractivity contribution < 1.29 is 9.53 Å². The van der Waals surface area contributed by atoms with Crippen molar-refractivity contribution in [1.82, 2.24) is 4.98 Å². The molecule has 0 spiro atoms. The van der Waals surface area contributed by atoms with Crippen LogP contribution < -0.4 is 15.4 Å². The van der Waals surface area contributed by atoms with Gasteiger partial charge in [-0.25, -0.2) is 4.79 Å². The maximum atomic E-state index is 11.7. The van der Waals surface area contributed by atoms with Gasteiger partial charge in [0.15, 0.2) is 0 Å². The number of anilines is 2. The van der Waals surface area contributed by atoms with Crippen molar-refractivity contribution in [3.63, 3.8) is 0 Å². The monoisotopic (exact) mass is 243 g/mol. The van der Waals surface area contributed by atoms with Gasteiger partial charge in [0.2, 0.25) is 5.88 Å². The molecule has 2 aromatic rings. The molecule has 2 amide bonds. The minimum atomic E-state index is -0.345. The number of para-hydroxylation sites is 1. The van der Waals surface area contributed by atoms with Crippen molar-refractivity contribution in [2.24, 2.45) is 0 Å². The molecule has 5 nitrogen and oxygen atoms in total. The van der Waals surface area contributed by atoms with E-state index in [1.165, 1.54) is 7.11 Å². The number of urea groups is 1. The quantitative estimate of drug-likeness (QED) is 0.871. The first-order valence-corrected chi connectivity index (χ1v) is 5.42. The van der Waals surface area contributed by atoms with Crippen LogP contribution in [0.25, 0.3) is 0 Å². The van der Waals surface area contributed by atoms with E-state index in [0.717, 1.165) is 5.69 Å². The Morgan fingerprint density at radius 2 is 1.83 bits per heavy atom. The highest BCUT2D eigenvalue weighted by Crippen LogP contribution is 2.11. The standard InChI is InChI=1S/C13H13N3O2/c1-18-12-9-5-8-11(15-12)16-13(17)14-10-6-3-2-4-7-10/h2-9H,1H3,(H2,14,15,16,17). The van der Waals surface area contributed by atoms with Gasteiger partial charge in [-0.3, -0.25) is 5.32 Å². The summed E-state index contributed by atoms with van der Waals surface area (Å²) >= 11 is 0. The lowest BCUT2D eigenvalue weighted by molar-refractivity contribution is 0.262. The molecular formula is C13H13N3O2. The lowest BCUT2D eigenvalue weighted by Crippen LogP contribution is -2.20. The molecule has 0 saturated heterocycles. The van der Waals surface area contributed by atoms with Crippen molar-refractivity contribution in [3.05, 3.63) is 48.5 Å². The van der Waals surface area contributed by atoms with Crippen LogP contribution in [0.1, 0.15) is 0 Å². The van der Waals surface area contributed by atoms with Crippen LogP contribution in [-0.4, -0.2) is 18.1 Å². The number of pyridine rings is 1. The zero-order chi connectivity index (χ0) is 12.8. The molecule has 0 aliphatic rings. The second-order valence-electron chi connectivity index (χ2n) is 3.51. The molecule has 1 heterocycles. The van der Waals surface area contributed by atoms with Gasteiger partial charge in [0.25, 0.3) is 0 Å². The van der Waals surface area contributed by atoms with Gasteiger partial charge >= 0.3 is 6.03 Å². The fraction of sp³-hybridized carbons (Fsp3) is 0.0769. The number of methoxy groups -OCH3 is 1. The van der Waals surface area contributed by atoms with Gasteiger partial charge in [-0.15, -0.1) is 0 Å². The predicted octanol–water partition coefficient (Wildman–Crippen LogP) is 2.73. The highest BCUT2D eigenvalue weighted by Gasteiger charge is 2.03. The third-order valence-corrected chi connectivity index (χ3v) is 2.21. The molecule has 18 heavy (non-hydrogen) atoms. The number of ether oxygens (including phenoxy) is 1. The second-order valence-corrected chi connectivity index (χ2v) is 3.51. The van der Waals surface area contributed by atoms with E-state index in [9.17, 15) is 4.79 Å². The molecule has 2 rings (SSSR count). The first kappa shape index (κ1) is 11.9. The smallest absolute Gasteiger partial charge is 0.324 e. The minimum Gasteiger partial charge on any atom is -0.481 e. The molecule has 0 unspecified atom stereocenters. The molecule has 92 valence electrons. The molecule has 0 atom stereocenters. The number of rotatable bonds is 3. The van der Waals surface area contributed by atoms with E-state index in [1.807, 2.05) is 18.2 Å². The highest BCUT2D eigenvalue weighted by molar-refractivity contribution is 5.99. The number of hydrogen-bond acceptors (Lipinski definition) is 3. The zero-order valence-electron chi connectivity index (χ0n) is 9.88. The summed E-state index contributed by atoms with van der Waals surface area (Å²) in [5.41, 5.74) is 0.720. The fourth-order valence-electron chi connectivity index (χ4n) is 1.40. The number of carbonyl (C=O) groups is 1. The molecule has 5 heteroatoms. The van der Waals surface area contributed by atoms with Crippen LogP contribution in [0, 0.1) is 0 Å². The van der Waals surface area contributed by atoms with Gasteiger partial charge in [-0.05, 0) is 18.2 Å². The Labute approximate surface area is 105 Å². The van der Waals surface area contributed by atoms with Gasteiger partial charge in [0, 0.05) is 11.8 Å². The van der Waals surface area contributed by atoms with Crippen molar-refractivity contribution in [2.45, 2.75) is 0 Å². The maximum Gasteiger partial charge on any atom is 0.324 e. The number of aromatic nitrogens is 1. The van der Waals surface area contributed by atoms with Gasteiger partial charge in [-0.1, -0.05) is 24.3 Å². The summed E-state index contributed by atoms with van der Waals surface area (Å²) in [7, 11) is 1.52. The van der Waals surface area contributed by atoms with Crippen molar-refractivity contribution in [1.29, 1.82) is 0 Å². The van der Waals surface area contributed by atoms with E-state index < -0.39 is 0 Å². The Kier molecular flexibility index (Phi) is 3.76. The summed E-state index contributed by atoms with van der Waals surface area (Å²) < 4.78 is 4.97. The van der Waals surface area contributed by atoms with Gasteiger partial charge < -0.3 is 10.1 Å². The molecule has 0 bridgehead atoms. The summed E-state index contributed by atoms with van der Waals surface area (Å²) in [6.45, 7) is 0. The summed E-state index contributed by atoms with van der Waals surface area (Å²) in [5, 5.41) is 5.32. The Morgan fingerprint density at radius 3 is 2.56 bits per heavy atom. The van der Waals surface area contributed by atoms with E-state index in [-0.39, 0.29) is 6.03 Å². The number of nitrogens with one attached hydrogen (secondary N) is 2. The average Bonchev–Trinajstić information content (AvgIpc) is 2.40. The first-order chi connectivity index (χ1) is 8.78. The fourth-order valence-corrected chi connectivity index (χ4v) is 1.40. The van der Waals surface area contributed by atoms with Crippen LogP contribution in [-0.2, 0) is 0 Å². The minimum absolute atomic E-state index is 0.345. The molecule has 1 aromatic heterocycles. The Bertz CT molecular complexity index is 529. The zero-order valence-corrected chi connectivity index (χ0v) is 9.88. The first-order valence-electron chi connectivity index (χ1n) is 5.42. The normalized spacial score (nSPS) is 9.61. The van der Waals surface area contributed by atoms with Crippen molar-refractivity contribution in [2.75, 3.05) is 17.7 Å². The Morgan fingerprint density at radius 1 is 1.06 bits per heavy atom. The van der Waals surface area contributed by atoms with Crippen LogP contribution in [0.2, 0.25) is 0 Å². The molecule has 2 N–H and O–H groups in total. The van der Waals surface area contributed by atoms with Gasteiger partial charge in [0.1, 0.15) is 5.82 Å². The SMILES string of the molecule is COc1cccc(NC(=O)Nc2ccccc2)n1. The summed E-state index contributed by atoms with van der Waals surface area (Å²) in [4.78, 5) is 15.8. The summed E-state index contributed by atoms with van der Waals surface area (Å²) in [5.74, 6) is 0.885. The van der Waals surface area contributed by atoms with Crippen LogP contribution >= 0.6 is 0 Å². The molecule has 1 aromatic carbocycles. The number of benzene rings is 1. The van der Waals surface area contributed by atoms with E-state index in [2.05, 4.69) is 15.6 Å². The maximum absolute atomic E-state index is 11.7. The van der Waals surface area contributed by atoms with E-state index in [4.69, 9.17) is 4.74 Å². The third-order valence-electron chi connectivity index (χ3n) is 2.21. The summed E-state index contributed by atoms with van der Waals surface area (Å²) in [6, 6.07) is 14.0. The Hall–Kier alpha value is -2.56. The predicted molar refractivity (Wildman–Crippen MR) is 69.9 cm³/mol. The summed E-state index contributed by atoms with van der Waals surface area (Å²) in [6.07, 6.45) is 0. The molecular weight excluding hydrogens is 230 g/mol. The van der Waals surface area contributed by atoms with Crippen LogP contribution in [0.4, 0.5) is 16.3 Å². The molecule has 0 aliphatic heterocycles. The number of nitrogens with zero attached hydrogens (tertiary/aromatic N) is 1.